The molecule has 0 amide bonds. The lowest BCUT2D eigenvalue weighted by molar-refractivity contribution is -0.145. The van der Waals surface area contributed by atoms with Gasteiger partial charge in [0, 0.05) is 12.6 Å². The second kappa shape index (κ2) is 6.25. The molecule has 1 aromatic rings. The number of esters is 1. The molecular formula is C13H19NO3. The Bertz CT molecular complexity index is 361. The molecule has 0 aromatic heterocycles. The Balaban J connectivity index is 2.45. The van der Waals surface area contributed by atoms with Gasteiger partial charge in [-0.2, -0.15) is 0 Å². The summed E-state index contributed by atoms with van der Waals surface area (Å²) in [5.41, 5.74) is 1.06. The van der Waals surface area contributed by atoms with E-state index in [2.05, 4.69) is 10.1 Å². The van der Waals surface area contributed by atoms with Gasteiger partial charge in [0.1, 0.15) is 5.75 Å². The van der Waals surface area contributed by atoms with Gasteiger partial charge in [-0.15, -0.1) is 0 Å². The fraction of sp³-hybridized carbons (Fsp3) is 0.462. The first-order chi connectivity index (χ1) is 8.04. The topological polar surface area (TPSA) is 58.6 Å². The summed E-state index contributed by atoms with van der Waals surface area (Å²) in [6, 6.07) is 7.02. The van der Waals surface area contributed by atoms with Crippen LogP contribution in [0.25, 0.3) is 0 Å². The Morgan fingerprint density at radius 1 is 1.35 bits per heavy atom. The van der Waals surface area contributed by atoms with Gasteiger partial charge in [-0.3, -0.25) is 4.79 Å². The van der Waals surface area contributed by atoms with E-state index in [4.69, 9.17) is 5.11 Å². The fourth-order valence-electron chi connectivity index (χ4n) is 1.46. The molecule has 0 spiro atoms. The molecule has 2 N–H and O–H groups in total. The van der Waals surface area contributed by atoms with Crippen LogP contribution in [0.3, 0.4) is 0 Å². The third-order valence-corrected chi connectivity index (χ3v) is 2.89. The second-order valence-corrected chi connectivity index (χ2v) is 4.15. The van der Waals surface area contributed by atoms with Crippen molar-refractivity contribution in [2.75, 3.05) is 7.11 Å². The van der Waals surface area contributed by atoms with Crippen LogP contribution in [0, 0.1) is 5.92 Å². The van der Waals surface area contributed by atoms with Crippen LogP contribution in [0.5, 0.6) is 5.75 Å². The van der Waals surface area contributed by atoms with E-state index in [1.807, 2.05) is 26.0 Å². The molecule has 0 bridgehead atoms. The van der Waals surface area contributed by atoms with Crippen molar-refractivity contribution in [2.45, 2.75) is 26.4 Å². The first kappa shape index (κ1) is 13.5. The van der Waals surface area contributed by atoms with Crippen LogP contribution in [0.15, 0.2) is 24.3 Å². The zero-order chi connectivity index (χ0) is 12.8. The van der Waals surface area contributed by atoms with Crippen molar-refractivity contribution in [3.63, 3.8) is 0 Å². The van der Waals surface area contributed by atoms with E-state index in [0.717, 1.165) is 5.56 Å². The van der Waals surface area contributed by atoms with Crippen LogP contribution >= 0.6 is 0 Å². The number of phenols is 1. The molecule has 0 fully saturated rings. The van der Waals surface area contributed by atoms with Crippen molar-refractivity contribution in [3.05, 3.63) is 29.8 Å². The monoisotopic (exact) mass is 237 g/mol. The normalized spacial score (nSPS) is 14.1. The second-order valence-electron chi connectivity index (χ2n) is 4.15. The van der Waals surface area contributed by atoms with E-state index >= 15 is 0 Å². The number of methoxy groups -OCH3 is 1. The van der Waals surface area contributed by atoms with Gasteiger partial charge in [0.2, 0.25) is 0 Å². The number of nitrogens with one attached hydrogen (secondary N) is 1. The van der Waals surface area contributed by atoms with Gasteiger partial charge in [0.15, 0.2) is 0 Å². The van der Waals surface area contributed by atoms with Gasteiger partial charge in [-0.25, -0.2) is 0 Å². The maximum atomic E-state index is 11.3. The standard InChI is InChI=1S/C13H19NO3/c1-9(13(16)17-3)10(2)14-8-11-4-6-12(15)7-5-11/h4-7,9-10,14-15H,8H2,1-3H3. The van der Waals surface area contributed by atoms with Crippen molar-refractivity contribution >= 4 is 5.97 Å². The number of hydrogen-bond donors (Lipinski definition) is 2. The van der Waals surface area contributed by atoms with Gasteiger partial charge in [0.25, 0.3) is 0 Å². The van der Waals surface area contributed by atoms with Gasteiger partial charge in [-0.05, 0) is 24.6 Å². The molecule has 1 rings (SSSR count). The van der Waals surface area contributed by atoms with Crippen LogP contribution in [-0.4, -0.2) is 24.2 Å². The van der Waals surface area contributed by atoms with Crippen molar-refractivity contribution in [1.82, 2.24) is 5.32 Å². The minimum atomic E-state index is -0.212. The third-order valence-electron chi connectivity index (χ3n) is 2.89. The maximum absolute atomic E-state index is 11.3. The first-order valence-corrected chi connectivity index (χ1v) is 5.63. The SMILES string of the molecule is COC(=O)C(C)C(C)NCc1ccc(O)cc1. The first-order valence-electron chi connectivity index (χ1n) is 5.63. The predicted octanol–water partition coefficient (Wildman–Crippen LogP) is 1.68. The highest BCUT2D eigenvalue weighted by Crippen LogP contribution is 2.10. The maximum Gasteiger partial charge on any atom is 0.309 e. The van der Waals surface area contributed by atoms with Crippen molar-refractivity contribution in [3.8, 4) is 5.75 Å². The molecule has 4 nitrogen and oxygen atoms in total. The quantitative estimate of drug-likeness (QED) is 0.765. The van der Waals surface area contributed by atoms with E-state index in [9.17, 15) is 4.79 Å². The van der Waals surface area contributed by atoms with Crippen LogP contribution in [0.1, 0.15) is 19.4 Å². The molecule has 0 aliphatic heterocycles. The van der Waals surface area contributed by atoms with Gasteiger partial charge < -0.3 is 15.2 Å². The number of aromatic hydroxyl groups is 1. The van der Waals surface area contributed by atoms with E-state index in [0.29, 0.717) is 6.54 Å². The molecule has 94 valence electrons. The molecule has 0 aliphatic rings. The molecule has 0 heterocycles. The molecule has 1 aromatic carbocycles. The molecule has 0 radical (unpaired) electrons. The fourth-order valence-corrected chi connectivity index (χ4v) is 1.46. The summed E-state index contributed by atoms with van der Waals surface area (Å²) in [5, 5.41) is 12.4. The predicted molar refractivity (Wildman–Crippen MR) is 65.6 cm³/mol. The van der Waals surface area contributed by atoms with Crippen LogP contribution < -0.4 is 5.32 Å². The summed E-state index contributed by atoms with van der Waals surface area (Å²) in [7, 11) is 1.39. The van der Waals surface area contributed by atoms with Crippen molar-refractivity contribution in [2.24, 2.45) is 5.92 Å². The number of phenolic OH excluding ortho intramolecular Hbond substituents is 1. The number of ether oxygens (including phenoxy) is 1. The Kier molecular flexibility index (Phi) is 4.97. The summed E-state index contributed by atoms with van der Waals surface area (Å²) in [4.78, 5) is 11.3. The number of benzene rings is 1. The largest absolute Gasteiger partial charge is 0.508 e. The van der Waals surface area contributed by atoms with Crippen molar-refractivity contribution in [1.29, 1.82) is 0 Å². The molecule has 0 saturated heterocycles. The smallest absolute Gasteiger partial charge is 0.309 e. The van der Waals surface area contributed by atoms with Crippen LogP contribution in [0.2, 0.25) is 0 Å². The molecule has 17 heavy (non-hydrogen) atoms. The van der Waals surface area contributed by atoms with Crippen LogP contribution in [-0.2, 0) is 16.1 Å². The van der Waals surface area contributed by atoms with E-state index in [-0.39, 0.29) is 23.7 Å². The average Bonchev–Trinajstić information content (AvgIpc) is 2.35. The summed E-state index contributed by atoms with van der Waals surface area (Å²) in [6.07, 6.45) is 0. The van der Waals surface area contributed by atoms with Gasteiger partial charge in [-0.1, -0.05) is 19.1 Å². The minimum absolute atomic E-state index is 0.0382. The lowest BCUT2D eigenvalue weighted by atomic mass is 10.0. The minimum Gasteiger partial charge on any atom is -0.508 e. The number of rotatable bonds is 5. The van der Waals surface area contributed by atoms with Gasteiger partial charge in [0.05, 0.1) is 13.0 Å². The molecule has 4 heteroatoms. The molecular weight excluding hydrogens is 218 g/mol. The van der Waals surface area contributed by atoms with Gasteiger partial charge >= 0.3 is 5.97 Å². The van der Waals surface area contributed by atoms with E-state index in [1.165, 1.54) is 7.11 Å². The highest BCUT2D eigenvalue weighted by Gasteiger charge is 2.19. The summed E-state index contributed by atoms with van der Waals surface area (Å²) in [5.74, 6) is -0.141. The van der Waals surface area contributed by atoms with Crippen LogP contribution in [0.4, 0.5) is 0 Å². The molecule has 0 aliphatic carbocycles. The Hall–Kier alpha value is -1.55. The third kappa shape index (κ3) is 4.07. The van der Waals surface area contributed by atoms with E-state index in [1.54, 1.807) is 12.1 Å². The number of carbonyl (C=O) groups is 1. The molecule has 0 saturated carbocycles. The number of hydrogen-bond acceptors (Lipinski definition) is 4. The van der Waals surface area contributed by atoms with Crippen molar-refractivity contribution < 1.29 is 14.6 Å². The lowest BCUT2D eigenvalue weighted by Crippen LogP contribution is -2.36. The zero-order valence-corrected chi connectivity index (χ0v) is 10.4. The Morgan fingerprint density at radius 2 is 1.94 bits per heavy atom. The molecule has 2 unspecified atom stereocenters. The Labute approximate surface area is 102 Å². The number of carbonyl (C=O) groups excluding carboxylic acids is 1. The Morgan fingerprint density at radius 3 is 2.47 bits per heavy atom. The summed E-state index contributed by atoms with van der Waals surface area (Å²) in [6.45, 7) is 4.44. The average molecular weight is 237 g/mol. The summed E-state index contributed by atoms with van der Waals surface area (Å²) >= 11 is 0. The molecule has 2 atom stereocenters. The summed E-state index contributed by atoms with van der Waals surface area (Å²) < 4.78 is 4.69. The van der Waals surface area contributed by atoms with E-state index < -0.39 is 0 Å². The highest BCUT2D eigenvalue weighted by atomic mass is 16.5. The zero-order valence-electron chi connectivity index (χ0n) is 10.4. The highest BCUT2D eigenvalue weighted by molar-refractivity contribution is 5.72. The lowest BCUT2D eigenvalue weighted by Gasteiger charge is -2.19.